The standard InChI is InChI=1S/C12H14Cl3NO/c1-8(3-2-6-13)16-12(17)10-7-9(14)4-5-11(10)15/h4-5,7-8H,2-3,6H2,1H3,(H,16,17). The highest BCUT2D eigenvalue weighted by molar-refractivity contribution is 6.35. The third-order valence-corrected chi connectivity index (χ3v) is 3.15. The third kappa shape index (κ3) is 4.74. The molecule has 0 fully saturated rings. The summed E-state index contributed by atoms with van der Waals surface area (Å²) >= 11 is 17.4. The van der Waals surface area contributed by atoms with E-state index >= 15 is 0 Å². The summed E-state index contributed by atoms with van der Waals surface area (Å²) in [6.45, 7) is 1.93. The normalized spacial score (nSPS) is 12.2. The van der Waals surface area contributed by atoms with Crippen LogP contribution in [0.15, 0.2) is 18.2 Å². The summed E-state index contributed by atoms with van der Waals surface area (Å²) in [4.78, 5) is 11.9. The quantitative estimate of drug-likeness (QED) is 0.813. The number of benzene rings is 1. The SMILES string of the molecule is CC(CCCCl)NC(=O)c1cc(Cl)ccc1Cl. The molecule has 1 N–H and O–H groups in total. The number of amides is 1. The topological polar surface area (TPSA) is 29.1 Å². The molecule has 17 heavy (non-hydrogen) atoms. The zero-order valence-corrected chi connectivity index (χ0v) is 11.7. The van der Waals surface area contributed by atoms with Crippen molar-refractivity contribution in [1.82, 2.24) is 5.32 Å². The Labute approximate surface area is 116 Å². The van der Waals surface area contributed by atoms with E-state index in [1.165, 1.54) is 0 Å². The van der Waals surface area contributed by atoms with Crippen molar-refractivity contribution in [3.8, 4) is 0 Å². The maximum atomic E-state index is 11.9. The summed E-state index contributed by atoms with van der Waals surface area (Å²) in [6, 6.07) is 4.89. The second-order valence-corrected chi connectivity index (χ2v) is 5.05. The van der Waals surface area contributed by atoms with Gasteiger partial charge in [0.15, 0.2) is 0 Å². The lowest BCUT2D eigenvalue weighted by atomic mass is 10.1. The minimum absolute atomic E-state index is 0.0660. The molecule has 1 unspecified atom stereocenters. The molecule has 2 nitrogen and oxygen atoms in total. The van der Waals surface area contributed by atoms with E-state index in [0.717, 1.165) is 12.8 Å². The summed E-state index contributed by atoms with van der Waals surface area (Å²) in [5.74, 6) is 0.387. The van der Waals surface area contributed by atoms with Crippen molar-refractivity contribution in [2.45, 2.75) is 25.8 Å². The fraction of sp³-hybridized carbons (Fsp3) is 0.417. The monoisotopic (exact) mass is 293 g/mol. The number of carbonyl (C=O) groups excluding carboxylic acids is 1. The van der Waals surface area contributed by atoms with Crippen molar-refractivity contribution in [1.29, 1.82) is 0 Å². The maximum absolute atomic E-state index is 11.9. The van der Waals surface area contributed by atoms with Gasteiger partial charge in [-0.1, -0.05) is 23.2 Å². The Bertz CT molecular complexity index is 395. The minimum Gasteiger partial charge on any atom is -0.350 e. The second kappa shape index (κ2) is 7.10. The Morgan fingerprint density at radius 3 is 2.76 bits per heavy atom. The number of hydrogen-bond acceptors (Lipinski definition) is 1. The number of halogens is 3. The lowest BCUT2D eigenvalue weighted by molar-refractivity contribution is 0.0938. The highest BCUT2D eigenvalue weighted by Crippen LogP contribution is 2.20. The van der Waals surface area contributed by atoms with Crippen molar-refractivity contribution in [3.05, 3.63) is 33.8 Å². The largest absolute Gasteiger partial charge is 0.350 e. The third-order valence-electron chi connectivity index (χ3n) is 2.32. The van der Waals surface area contributed by atoms with Gasteiger partial charge in [0.25, 0.3) is 5.91 Å². The molecular weight excluding hydrogens is 280 g/mol. The highest BCUT2D eigenvalue weighted by atomic mass is 35.5. The summed E-state index contributed by atoms with van der Waals surface area (Å²) < 4.78 is 0. The van der Waals surface area contributed by atoms with Crippen LogP contribution in [0.3, 0.4) is 0 Å². The van der Waals surface area contributed by atoms with Gasteiger partial charge in [0, 0.05) is 16.9 Å². The Morgan fingerprint density at radius 1 is 1.41 bits per heavy atom. The molecule has 1 amide bonds. The van der Waals surface area contributed by atoms with E-state index in [1.54, 1.807) is 18.2 Å². The lowest BCUT2D eigenvalue weighted by Gasteiger charge is -2.13. The fourth-order valence-electron chi connectivity index (χ4n) is 1.43. The van der Waals surface area contributed by atoms with Gasteiger partial charge < -0.3 is 5.32 Å². The van der Waals surface area contributed by atoms with Crippen LogP contribution in [-0.2, 0) is 0 Å². The van der Waals surface area contributed by atoms with Gasteiger partial charge in [0.05, 0.1) is 10.6 Å². The Morgan fingerprint density at radius 2 is 2.12 bits per heavy atom. The summed E-state index contributed by atoms with van der Waals surface area (Å²) in [5, 5.41) is 3.75. The van der Waals surface area contributed by atoms with Gasteiger partial charge in [-0.3, -0.25) is 4.79 Å². The molecule has 0 saturated heterocycles. The number of nitrogens with one attached hydrogen (secondary N) is 1. The first-order valence-corrected chi connectivity index (χ1v) is 6.65. The number of carbonyl (C=O) groups is 1. The van der Waals surface area contributed by atoms with Crippen molar-refractivity contribution >= 4 is 40.7 Å². The van der Waals surface area contributed by atoms with Crippen LogP contribution >= 0.6 is 34.8 Å². The van der Waals surface area contributed by atoms with Gasteiger partial charge in [-0.05, 0) is 38.0 Å². The average Bonchev–Trinajstić information content (AvgIpc) is 2.29. The zero-order valence-electron chi connectivity index (χ0n) is 9.47. The van der Waals surface area contributed by atoms with Gasteiger partial charge in [-0.2, -0.15) is 0 Å². The predicted molar refractivity (Wildman–Crippen MR) is 73.3 cm³/mol. The Balaban J connectivity index is 2.66. The van der Waals surface area contributed by atoms with Gasteiger partial charge in [0.1, 0.15) is 0 Å². The van der Waals surface area contributed by atoms with Crippen molar-refractivity contribution in [3.63, 3.8) is 0 Å². The summed E-state index contributed by atoms with van der Waals surface area (Å²) in [7, 11) is 0. The highest BCUT2D eigenvalue weighted by Gasteiger charge is 2.13. The van der Waals surface area contributed by atoms with Crippen LogP contribution in [0.5, 0.6) is 0 Å². The Hall–Kier alpha value is -0.440. The molecule has 0 aliphatic carbocycles. The summed E-state index contributed by atoms with van der Waals surface area (Å²) in [6.07, 6.45) is 1.71. The molecule has 1 rings (SSSR count). The first kappa shape index (κ1) is 14.6. The fourth-order valence-corrected chi connectivity index (χ4v) is 1.96. The van der Waals surface area contributed by atoms with E-state index < -0.39 is 0 Å². The van der Waals surface area contributed by atoms with E-state index in [9.17, 15) is 4.79 Å². The van der Waals surface area contributed by atoms with Gasteiger partial charge in [-0.25, -0.2) is 0 Å². The number of alkyl halides is 1. The average molecular weight is 295 g/mol. The molecule has 0 heterocycles. The molecule has 0 aliphatic heterocycles. The molecule has 1 aromatic carbocycles. The molecule has 5 heteroatoms. The molecule has 0 radical (unpaired) electrons. The molecular formula is C12H14Cl3NO. The van der Waals surface area contributed by atoms with Crippen LogP contribution in [0.1, 0.15) is 30.1 Å². The van der Waals surface area contributed by atoms with Crippen LogP contribution < -0.4 is 5.32 Å². The van der Waals surface area contributed by atoms with E-state index in [4.69, 9.17) is 34.8 Å². The molecule has 0 spiro atoms. The second-order valence-electron chi connectivity index (χ2n) is 3.83. The van der Waals surface area contributed by atoms with Crippen molar-refractivity contribution in [2.24, 2.45) is 0 Å². The van der Waals surface area contributed by atoms with Crippen molar-refractivity contribution < 1.29 is 4.79 Å². The molecule has 1 atom stereocenters. The first-order chi connectivity index (χ1) is 8.04. The van der Waals surface area contributed by atoms with Crippen LogP contribution in [0, 0.1) is 0 Å². The van der Waals surface area contributed by atoms with Crippen LogP contribution in [0.4, 0.5) is 0 Å². The maximum Gasteiger partial charge on any atom is 0.253 e. The lowest BCUT2D eigenvalue weighted by Crippen LogP contribution is -2.32. The first-order valence-electron chi connectivity index (χ1n) is 5.36. The van der Waals surface area contributed by atoms with Gasteiger partial charge in [-0.15, -0.1) is 11.6 Å². The zero-order chi connectivity index (χ0) is 12.8. The van der Waals surface area contributed by atoms with Gasteiger partial charge in [0.2, 0.25) is 0 Å². The van der Waals surface area contributed by atoms with Crippen LogP contribution in [0.25, 0.3) is 0 Å². The van der Waals surface area contributed by atoms with E-state index in [2.05, 4.69) is 5.32 Å². The van der Waals surface area contributed by atoms with Crippen LogP contribution in [0.2, 0.25) is 10.0 Å². The molecule has 0 saturated carbocycles. The molecule has 1 aromatic rings. The minimum atomic E-state index is -0.209. The van der Waals surface area contributed by atoms with Crippen LogP contribution in [-0.4, -0.2) is 17.8 Å². The van der Waals surface area contributed by atoms with Gasteiger partial charge >= 0.3 is 0 Å². The number of rotatable bonds is 5. The molecule has 94 valence electrons. The Kier molecular flexibility index (Phi) is 6.10. The smallest absolute Gasteiger partial charge is 0.253 e. The summed E-state index contributed by atoms with van der Waals surface area (Å²) in [5.41, 5.74) is 0.400. The van der Waals surface area contributed by atoms with E-state index in [1.807, 2.05) is 6.92 Å². The number of hydrogen-bond donors (Lipinski definition) is 1. The predicted octanol–water partition coefficient (Wildman–Crippen LogP) is 4.13. The van der Waals surface area contributed by atoms with E-state index in [0.29, 0.717) is 21.5 Å². The van der Waals surface area contributed by atoms with Crippen molar-refractivity contribution in [2.75, 3.05) is 5.88 Å². The molecule has 0 aliphatic rings. The molecule has 0 bridgehead atoms. The van der Waals surface area contributed by atoms with E-state index in [-0.39, 0.29) is 11.9 Å². The molecule has 0 aromatic heterocycles.